The Kier molecular flexibility index (Phi) is 5.17. The van der Waals surface area contributed by atoms with E-state index in [2.05, 4.69) is 15.4 Å². The molecule has 0 aliphatic rings. The second-order valence-electron chi connectivity index (χ2n) is 4.09. The highest BCUT2D eigenvalue weighted by atomic mass is 16.5. The van der Waals surface area contributed by atoms with Gasteiger partial charge in [0.25, 0.3) is 0 Å². The van der Waals surface area contributed by atoms with Crippen molar-refractivity contribution in [3.05, 3.63) is 24.3 Å². The lowest BCUT2D eigenvalue weighted by molar-refractivity contribution is -0.140. The molecule has 0 radical (unpaired) electrons. The fourth-order valence-electron chi connectivity index (χ4n) is 1.56. The lowest BCUT2D eigenvalue weighted by Gasteiger charge is -2.14. The Morgan fingerprint density at radius 1 is 1.33 bits per heavy atom. The van der Waals surface area contributed by atoms with E-state index in [1.807, 2.05) is 25.1 Å². The zero-order valence-corrected chi connectivity index (χ0v) is 10.8. The summed E-state index contributed by atoms with van der Waals surface area (Å²) < 4.78 is 4.60. The van der Waals surface area contributed by atoms with Gasteiger partial charge >= 0.3 is 5.97 Å². The van der Waals surface area contributed by atoms with Gasteiger partial charge in [-0.1, -0.05) is 6.07 Å². The Balaban J connectivity index is 2.61. The van der Waals surface area contributed by atoms with Gasteiger partial charge in [-0.3, -0.25) is 9.59 Å². The normalized spacial score (nSPS) is 11.5. The highest BCUT2D eigenvalue weighted by Crippen LogP contribution is 2.16. The summed E-state index contributed by atoms with van der Waals surface area (Å²) >= 11 is 0. The third-order valence-electron chi connectivity index (χ3n) is 2.30. The summed E-state index contributed by atoms with van der Waals surface area (Å²) in [5.74, 6) is -0.372. The van der Waals surface area contributed by atoms with Crippen LogP contribution in [0, 0.1) is 0 Å². The molecule has 1 unspecified atom stereocenters. The number of ether oxygens (including phenoxy) is 1. The predicted molar refractivity (Wildman–Crippen MR) is 70.5 cm³/mol. The van der Waals surface area contributed by atoms with Gasteiger partial charge in [0.05, 0.1) is 13.5 Å². The molecule has 5 heteroatoms. The van der Waals surface area contributed by atoms with E-state index in [9.17, 15) is 9.59 Å². The quantitative estimate of drug-likeness (QED) is 0.784. The first-order chi connectivity index (χ1) is 8.51. The van der Waals surface area contributed by atoms with E-state index < -0.39 is 0 Å². The number of amides is 1. The smallest absolute Gasteiger partial charge is 0.307 e. The molecule has 1 amide bonds. The monoisotopic (exact) mass is 250 g/mol. The van der Waals surface area contributed by atoms with Crippen molar-refractivity contribution >= 4 is 23.3 Å². The van der Waals surface area contributed by atoms with E-state index in [1.165, 1.54) is 14.0 Å². The maximum Gasteiger partial charge on any atom is 0.307 e. The van der Waals surface area contributed by atoms with Crippen LogP contribution < -0.4 is 10.6 Å². The van der Waals surface area contributed by atoms with Crippen LogP contribution in [0.1, 0.15) is 20.3 Å². The number of nitrogens with one attached hydrogen (secondary N) is 2. The number of carbonyl (C=O) groups excluding carboxylic acids is 2. The van der Waals surface area contributed by atoms with Crippen molar-refractivity contribution in [2.24, 2.45) is 0 Å². The number of esters is 1. The topological polar surface area (TPSA) is 67.4 Å². The molecule has 1 aromatic rings. The molecule has 98 valence electrons. The molecular weight excluding hydrogens is 232 g/mol. The third kappa shape index (κ3) is 4.86. The molecule has 0 aliphatic heterocycles. The molecule has 0 saturated carbocycles. The van der Waals surface area contributed by atoms with Crippen molar-refractivity contribution in [1.82, 2.24) is 0 Å². The molecule has 0 saturated heterocycles. The zero-order valence-electron chi connectivity index (χ0n) is 10.8. The molecule has 0 aliphatic carbocycles. The Hall–Kier alpha value is -2.04. The Morgan fingerprint density at radius 3 is 2.61 bits per heavy atom. The van der Waals surface area contributed by atoms with Crippen LogP contribution in [0.25, 0.3) is 0 Å². The van der Waals surface area contributed by atoms with Gasteiger partial charge in [0, 0.05) is 24.3 Å². The number of rotatable bonds is 5. The molecule has 0 bridgehead atoms. The first-order valence-corrected chi connectivity index (χ1v) is 5.72. The molecule has 0 heterocycles. The van der Waals surface area contributed by atoms with E-state index in [-0.39, 0.29) is 17.9 Å². The van der Waals surface area contributed by atoms with E-state index in [0.29, 0.717) is 6.42 Å². The number of anilines is 2. The molecule has 1 rings (SSSR count). The SMILES string of the molecule is COC(=O)CC(C)Nc1cccc(NC(C)=O)c1. The second kappa shape index (κ2) is 6.64. The van der Waals surface area contributed by atoms with Crippen molar-refractivity contribution in [2.45, 2.75) is 26.3 Å². The van der Waals surface area contributed by atoms with Gasteiger partial charge in [-0.25, -0.2) is 0 Å². The third-order valence-corrected chi connectivity index (χ3v) is 2.30. The average molecular weight is 250 g/mol. The van der Waals surface area contributed by atoms with E-state index >= 15 is 0 Å². The summed E-state index contributed by atoms with van der Waals surface area (Å²) in [5.41, 5.74) is 1.57. The van der Waals surface area contributed by atoms with Crippen LogP contribution in [0.15, 0.2) is 24.3 Å². The fraction of sp³-hybridized carbons (Fsp3) is 0.385. The molecule has 18 heavy (non-hydrogen) atoms. The maximum absolute atomic E-state index is 11.1. The van der Waals surface area contributed by atoms with Gasteiger partial charge < -0.3 is 15.4 Å². The molecular formula is C13H18N2O3. The van der Waals surface area contributed by atoms with Gasteiger partial charge in [-0.05, 0) is 25.1 Å². The van der Waals surface area contributed by atoms with Crippen LogP contribution >= 0.6 is 0 Å². The van der Waals surface area contributed by atoms with Crippen LogP contribution in [0.3, 0.4) is 0 Å². The van der Waals surface area contributed by atoms with Crippen LogP contribution in [-0.2, 0) is 14.3 Å². The molecule has 1 aromatic carbocycles. The van der Waals surface area contributed by atoms with Crippen LogP contribution in [-0.4, -0.2) is 25.0 Å². The maximum atomic E-state index is 11.1. The summed E-state index contributed by atoms with van der Waals surface area (Å²) in [4.78, 5) is 22.0. The highest BCUT2D eigenvalue weighted by molar-refractivity contribution is 5.89. The predicted octanol–water partition coefficient (Wildman–Crippen LogP) is 2.01. The number of carbonyl (C=O) groups is 2. The van der Waals surface area contributed by atoms with Crippen molar-refractivity contribution in [1.29, 1.82) is 0 Å². The van der Waals surface area contributed by atoms with E-state index in [4.69, 9.17) is 0 Å². The molecule has 0 spiro atoms. The highest BCUT2D eigenvalue weighted by Gasteiger charge is 2.09. The zero-order chi connectivity index (χ0) is 13.5. The minimum Gasteiger partial charge on any atom is -0.469 e. The largest absolute Gasteiger partial charge is 0.469 e. The van der Waals surface area contributed by atoms with Gasteiger partial charge in [0.15, 0.2) is 0 Å². The molecule has 1 atom stereocenters. The standard InChI is InChI=1S/C13H18N2O3/c1-9(7-13(17)18-3)14-11-5-4-6-12(8-11)15-10(2)16/h4-6,8-9,14H,7H2,1-3H3,(H,15,16). The van der Waals surface area contributed by atoms with E-state index in [1.54, 1.807) is 6.07 Å². The van der Waals surface area contributed by atoms with Gasteiger partial charge in [-0.2, -0.15) is 0 Å². The number of methoxy groups -OCH3 is 1. The second-order valence-corrected chi connectivity index (χ2v) is 4.09. The fourth-order valence-corrected chi connectivity index (χ4v) is 1.56. The van der Waals surface area contributed by atoms with Crippen molar-refractivity contribution in [2.75, 3.05) is 17.7 Å². The number of hydrogen-bond donors (Lipinski definition) is 2. The van der Waals surface area contributed by atoms with Crippen LogP contribution in [0.5, 0.6) is 0 Å². The minimum absolute atomic E-state index is 0.0370. The summed E-state index contributed by atoms with van der Waals surface area (Å²) in [7, 11) is 1.37. The van der Waals surface area contributed by atoms with E-state index in [0.717, 1.165) is 11.4 Å². The van der Waals surface area contributed by atoms with Crippen molar-refractivity contribution in [3.63, 3.8) is 0 Å². The molecule has 0 aromatic heterocycles. The first kappa shape index (κ1) is 14.0. The van der Waals surface area contributed by atoms with Crippen molar-refractivity contribution < 1.29 is 14.3 Å². The lowest BCUT2D eigenvalue weighted by atomic mass is 10.2. The minimum atomic E-state index is -0.256. The first-order valence-electron chi connectivity index (χ1n) is 5.72. The van der Waals surface area contributed by atoms with Crippen LogP contribution in [0.2, 0.25) is 0 Å². The summed E-state index contributed by atoms with van der Waals surface area (Å²) in [5, 5.41) is 5.87. The molecule has 2 N–H and O–H groups in total. The van der Waals surface area contributed by atoms with Gasteiger partial charge in [0.2, 0.25) is 5.91 Å². The summed E-state index contributed by atoms with van der Waals surface area (Å²) in [6, 6.07) is 7.29. The Bertz CT molecular complexity index is 432. The Labute approximate surface area is 107 Å². The van der Waals surface area contributed by atoms with Crippen LogP contribution in [0.4, 0.5) is 11.4 Å². The summed E-state index contributed by atoms with van der Waals surface area (Å²) in [6.45, 7) is 3.35. The molecule has 5 nitrogen and oxygen atoms in total. The van der Waals surface area contributed by atoms with Gasteiger partial charge in [-0.15, -0.1) is 0 Å². The Morgan fingerprint density at radius 2 is 2.00 bits per heavy atom. The lowest BCUT2D eigenvalue weighted by Crippen LogP contribution is -2.20. The molecule has 0 fully saturated rings. The van der Waals surface area contributed by atoms with Gasteiger partial charge in [0.1, 0.15) is 0 Å². The summed E-state index contributed by atoms with van der Waals surface area (Å²) in [6.07, 6.45) is 0.293. The average Bonchev–Trinajstić information content (AvgIpc) is 2.28. The number of hydrogen-bond acceptors (Lipinski definition) is 4. The number of benzene rings is 1. The van der Waals surface area contributed by atoms with Crippen molar-refractivity contribution in [3.8, 4) is 0 Å².